The first-order valence-electron chi connectivity index (χ1n) is 11.0. The van der Waals surface area contributed by atoms with E-state index in [9.17, 15) is 14.7 Å². The van der Waals surface area contributed by atoms with Crippen molar-refractivity contribution in [1.82, 2.24) is 5.32 Å². The van der Waals surface area contributed by atoms with Gasteiger partial charge in [-0.2, -0.15) is 11.8 Å². The molecule has 0 aromatic rings. The number of amides is 1. The second kappa shape index (κ2) is 13.7. The number of carbonyl (C=O) groups excluding carboxylic acids is 1. The molecule has 1 amide bonds. The molecule has 1 aliphatic rings. The number of ether oxygens (including phenoxy) is 1. The van der Waals surface area contributed by atoms with Gasteiger partial charge in [0.25, 0.3) is 0 Å². The zero-order chi connectivity index (χ0) is 22.7. The zero-order valence-electron chi connectivity index (χ0n) is 18.8. The molecule has 0 bridgehead atoms. The Morgan fingerprint density at radius 1 is 1.27 bits per heavy atom. The summed E-state index contributed by atoms with van der Waals surface area (Å²) >= 11 is 1.60. The molecule has 0 radical (unpaired) electrons. The van der Waals surface area contributed by atoms with Crippen molar-refractivity contribution in [2.24, 2.45) is 34.2 Å². The Hall–Kier alpha value is -1.48. The van der Waals surface area contributed by atoms with E-state index in [1.54, 1.807) is 11.8 Å². The molecule has 0 aromatic carbocycles. The van der Waals surface area contributed by atoms with Crippen LogP contribution in [0, 0.1) is 17.8 Å². The average Bonchev–Trinajstić information content (AvgIpc) is 3.01. The highest BCUT2D eigenvalue weighted by Crippen LogP contribution is 2.45. The van der Waals surface area contributed by atoms with E-state index < -0.39 is 11.9 Å². The minimum Gasteiger partial charge on any atom is -0.481 e. The number of nitrogens with one attached hydrogen (secondary N) is 1. The summed E-state index contributed by atoms with van der Waals surface area (Å²) in [6.45, 7) is 9.08. The van der Waals surface area contributed by atoms with Crippen LogP contribution >= 0.6 is 11.8 Å². The van der Waals surface area contributed by atoms with Crippen LogP contribution in [0.2, 0.25) is 0 Å². The van der Waals surface area contributed by atoms with Crippen LogP contribution in [-0.4, -0.2) is 59.2 Å². The van der Waals surface area contributed by atoms with E-state index in [0.29, 0.717) is 25.4 Å². The van der Waals surface area contributed by atoms with Crippen molar-refractivity contribution in [3.8, 4) is 0 Å². The summed E-state index contributed by atoms with van der Waals surface area (Å²) in [6, 6.07) is -0.527. The first-order chi connectivity index (χ1) is 14.3. The van der Waals surface area contributed by atoms with Crippen LogP contribution in [0.4, 0.5) is 0 Å². The van der Waals surface area contributed by atoms with Crippen molar-refractivity contribution in [2.75, 3.05) is 19.0 Å². The molecule has 30 heavy (non-hydrogen) atoms. The van der Waals surface area contributed by atoms with Gasteiger partial charge in [-0.3, -0.25) is 9.59 Å². The third-order valence-electron chi connectivity index (χ3n) is 5.87. The van der Waals surface area contributed by atoms with Gasteiger partial charge in [-0.15, -0.1) is 0 Å². The SMILES string of the molecule is CCCCOCCS[C@H]1[C@@H]([C@H](NC(C)=O)C(CC)CC)[C@H](N=C(N)N)C[C@@H]1C(=O)O.[3HH]. The smallest absolute Gasteiger partial charge is 0.307 e. The second-order valence-corrected chi connectivity index (χ2v) is 9.27. The topological polar surface area (TPSA) is 140 Å². The van der Waals surface area contributed by atoms with E-state index in [1.807, 2.05) is 0 Å². The molecule has 0 unspecified atom stereocenters. The molecule has 1 saturated carbocycles. The number of guanidine groups is 1. The molecule has 1 aliphatic carbocycles. The minimum atomic E-state index is -0.844. The van der Waals surface area contributed by atoms with Crippen LogP contribution in [0.3, 0.4) is 0 Å². The molecule has 176 valence electrons. The van der Waals surface area contributed by atoms with Gasteiger partial charge in [0.2, 0.25) is 5.91 Å². The summed E-state index contributed by atoms with van der Waals surface area (Å²) in [6.07, 6.45) is 4.21. The minimum absolute atomic E-state index is 0. The monoisotopic (exact) mass is 448 g/mol. The van der Waals surface area contributed by atoms with Crippen LogP contribution in [0.15, 0.2) is 4.99 Å². The molecule has 1 rings (SSSR count). The number of aliphatic carboxylic acids is 1. The first kappa shape index (κ1) is 26.6. The zero-order valence-corrected chi connectivity index (χ0v) is 19.6. The molecule has 1 fully saturated rings. The van der Waals surface area contributed by atoms with E-state index in [4.69, 9.17) is 16.2 Å². The van der Waals surface area contributed by atoms with E-state index in [0.717, 1.165) is 25.7 Å². The van der Waals surface area contributed by atoms with Crippen LogP contribution in [0.5, 0.6) is 0 Å². The summed E-state index contributed by atoms with van der Waals surface area (Å²) in [5.41, 5.74) is 11.4. The fraction of sp³-hybridized carbons (Fsp3) is 0.857. The molecule has 0 spiro atoms. The Bertz CT molecular complexity index is 574. The Morgan fingerprint density at radius 3 is 2.43 bits per heavy atom. The van der Waals surface area contributed by atoms with Crippen molar-refractivity contribution >= 4 is 29.6 Å². The van der Waals surface area contributed by atoms with E-state index in [2.05, 4.69) is 31.1 Å². The van der Waals surface area contributed by atoms with Crippen molar-refractivity contribution in [2.45, 2.75) is 77.1 Å². The number of hydrogen-bond acceptors (Lipinski definition) is 5. The predicted octanol–water partition coefficient (Wildman–Crippen LogP) is 2.45. The Morgan fingerprint density at radius 2 is 1.93 bits per heavy atom. The van der Waals surface area contributed by atoms with Crippen molar-refractivity contribution in [3.05, 3.63) is 0 Å². The quantitative estimate of drug-likeness (QED) is 0.182. The van der Waals surface area contributed by atoms with E-state index in [-0.39, 0.29) is 42.5 Å². The molecule has 8 nitrogen and oxygen atoms in total. The van der Waals surface area contributed by atoms with Gasteiger partial charge >= 0.3 is 5.97 Å². The van der Waals surface area contributed by atoms with Gasteiger partial charge in [-0.05, 0) is 18.8 Å². The number of aliphatic imine (C=N–C) groups is 1. The largest absolute Gasteiger partial charge is 0.481 e. The lowest BCUT2D eigenvalue weighted by Crippen LogP contribution is -2.50. The lowest BCUT2D eigenvalue weighted by molar-refractivity contribution is -0.141. The third kappa shape index (κ3) is 7.98. The maximum absolute atomic E-state index is 12.1. The predicted molar refractivity (Wildman–Crippen MR) is 125 cm³/mol. The van der Waals surface area contributed by atoms with Gasteiger partial charge in [0.05, 0.1) is 18.6 Å². The molecule has 6 N–H and O–H groups in total. The molecule has 0 heterocycles. The average molecular weight is 449 g/mol. The van der Waals surface area contributed by atoms with Gasteiger partial charge in [0, 0.05) is 37.9 Å². The van der Waals surface area contributed by atoms with Crippen molar-refractivity contribution in [1.29, 1.82) is 0 Å². The summed E-state index contributed by atoms with van der Waals surface area (Å²) < 4.78 is 5.67. The summed E-state index contributed by atoms with van der Waals surface area (Å²) in [5.74, 6) is -0.846. The molecule has 5 atom stereocenters. The van der Waals surface area contributed by atoms with Crippen LogP contribution in [0.1, 0.15) is 61.2 Å². The summed E-state index contributed by atoms with van der Waals surface area (Å²) in [5, 5.41) is 12.8. The van der Waals surface area contributed by atoms with E-state index >= 15 is 0 Å². The second-order valence-electron chi connectivity index (χ2n) is 7.98. The summed E-state index contributed by atoms with van der Waals surface area (Å²) in [4.78, 5) is 28.5. The number of hydrogen-bond donors (Lipinski definition) is 4. The number of thioether (sulfide) groups is 1. The maximum Gasteiger partial charge on any atom is 0.307 e. The maximum atomic E-state index is 12.1. The molecular weight excluding hydrogens is 404 g/mol. The molecular formula is C21H42N4O4S. The van der Waals surface area contributed by atoms with Crippen molar-refractivity contribution in [3.63, 3.8) is 0 Å². The first-order valence-corrected chi connectivity index (χ1v) is 12.1. The fourth-order valence-electron chi connectivity index (χ4n) is 4.43. The number of carboxylic acids is 1. The van der Waals surface area contributed by atoms with E-state index in [1.165, 1.54) is 6.92 Å². The lowest BCUT2D eigenvalue weighted by atomic mass is 9.81. The van der Waals surface area contributed by atoms with Crippen LogP contribution < -0.4 is 16.8 Å². The highest BCUT2D eigenvalue weighted by molar-refractivity contribution is 8.00. The molecule has 0 aliphatic heterocycles. The highest BCUT2D eigenvalue weighted by Gasteiger charge is 2.51. The van der Waals surface area contributed by atoms with Gasteiger partial charge in [0.1, 0.15) is 0 Å². The van der Waals surface area contributed by atoms with Gasteiger partial charge in [-0.25, -0.2) is 4.99 Å². The molecule has 9 heteroatoms. The third-order valence-corrected chi connectivity index (χ3v) is 7.30. The van der Waals surface area contributed by atoms with Gasteiger partial charge < -0.3 is 26.6 Å². The number of unbranched alkanes of at least 4 members (excludes halogenated alkanes) is 1. The summed E-state index contributed by atoms with van der Waals surface area (Å²) in [7, 11) is 0. The Balaban J connectivity index is 0.00000900. The molecule has 0 saturated heterocycles. The number of rotatable bonds is 14. The van der Waals surface area contributed by atoms with Crippen LogP contribution in [0.25, 0.3) is 0 Å². The van der Waals surface area contributed by atoms with Gasteiger partial charge in [-0.1, -0.05) is 40.0 Å². The Labute approximate surface area is 186 Å². The number of nitrogens with zero attached hydrogens (tertiary/aromatic N) is 1. The number of carboxylic acid groups (broad SMARTS) is 1. The standard InChI is InChI=1S/C21H40N4O4S.H2/c1-5-8-9-29-10-11-30-19-15(20(27)28)12-16(25-21(22)23)17(19)18(24-13(4)26)14(6-2)7-3;/h14-19H,5-12H2,1-4H3,(H,24,26)(H,27,28)(H4,22,23,25);1H/t15-,16+,17+,18+,19+;/m0./s1/i;1+2. The normalized spacial score (nSPS) is 24.6. The molecule has 0 aromatic heterocycles. The van der Waals surface area contributed by atoms with Crippen LogP contribution in [-0.2, 0) is 14.3 Å². The fourth-order valence-corrected chi connectivity index (χ4v) is 5.95. The lowest BCUT2D eigenvalue weighted by Gasteiger charge is -2.37. The number of carbonyl (C=O) groups is 2. The highest BCUT2D eigenvalue weighted by atomic mass is 32.2. The Kier molecular flexibility index (Phi) is 12.2. The van der Waals surface area contributed by atoms with Crippen molar-refractivity contribution < 1.29 is 20.9 Å². The van der Waals surface area contributed by atoms with Gasteiger partial charge in [0.15, 0.2) is 5.96 Å². The number of nitrogens with two attached hydrogens (primary N) is 2.